The molecule has 2 aromatic rings. The number of fused-ring (bicyclic) bond motifs is 3. The fourth-order valence-electron chi connectivity index (χ4n) is 8.06. The highest BCUT2D eigenvalue weighted by Gasteiger charge is 2.63. The summed E-state index contributed by atoms with van der Waals surface area (Å²) in [6, 6.07) is -2.21. The number of carboxylic acid groups (broad SMARTS) is 1. The number of hydrogen-bond donors (Lipinski definition) is 3. The van der Waals surface area contributed by atoms with E-state index in [1.54, 1.807) is 18.2 Å². The molecule has 3 N–H and O–H groups in total. The first-order chi connectivity index (χ1) is 26.6. The first-order valence-corrected chi connectivity index (χ1v) is 20.3. The number of allylic oxidation sites excluding steroid dienone is 1. The summed E-state index contributed by atoms with van der Waals surface area (Å²) in [6.45, 7) is 5.01. The number of halogens is 4. The third-order valence-corrected chi connectivity index (χ3v) is 14.0. The number of rotatable bonds is 8. The largest absolute Gasteiger partial charge is 0.496 e. The van der Waals surface area contributed by atoms with Gasteiger partial charge in [-0.2, -0.15) is 13.2 Å². The summed E-state index contributed by atoms with van der Waals surface area (Å²) in [4.78, 5) is 61.1. The van der Waals surface area contributed by atoms with Crippen molar-refractivity contribution in [2.75, 3.05) is 13.7 Å². The van der Waals surface area contributed by atoms with E-state index in [1.165, 1.54) is 27.2 Å². The van der Waals surface area contributed by atoms with E-state index in [0.717, 1.165) is 17.0 Å². The molecule has 57 heavy (non-hydrogen) atoms. The summed E-state index contributed by atoms with van der Waals surface area (Å²) < 4.78 is 96.4. The van der Waals surface area contributed by atoms with Gasteiger partial charge < -0.3 is 24.8 Å². The van der Waals surface area contributed by atoms with Gasteiger partial charge in [-0.3, -0.25) is 24.0 Å². The van der Waals surface area contributed by atoms with Gasteiger partial charge in [0.05, 0.1) is 23.8 Å². The second-order valence-electron chi connectivity index (χ2n) is 16.1. The molecule has 1 aromatic carbocycles. The molecule has 0 spiro atoms. The van der Waals surface area contributed by atoms with Crippen LogP contribution in [0.2, 0.25) is 0 Å². The highest BCUT2D eigenvalue weighted by molar-refractivity contribution is 7.91. The lowest BCUT2D eigenvalue weighted by atomic mass is 9.86. The van der Waals surface area contributed by atoms with Crippen LogP contribution in [0.25, 0.3) is 10.8 Å². The van der Waals surface area contributed by atoms with Crippen LogP contribution in [-0.4, -0.2) is 106 Å². The molecule has 8 atom stereocenters. The Morgan fingerprint density at radius 1 is 1.16 bits per heavy atom. The zero-order valence-corrected chi connectivity index (χ0v) is 33.0. The number of pyridine rings is 1. The molecule has 2 saturated carbocycles. The fraction of sp³-hybridized carbons (Fsp3) is 0.605. The van der Waals surface area contributed by atoms with Crippen molar-refractivity contribution < 1.29 is 59.7 Å². The van der Waals surface area contributed by atoms with Gasteiger partial charge in [0.15, 0.2) is 0 Å². The molecule has 4 aliphatic rings. The van der Waals surface area contributed by atoms with E-state index in [4.69, 9.17) is 9.47 Å². The lowest BCUT2D eigenvalue weighted by Gasteiger charge is -2.40. The minimum Gasteiger partial charge on any atom is -0.496 e. The van der Waals surface area contributed by atoms with E-state index >= 15 is 0 Å². The van der Waals surface area contributed by atoms with Crippen molar-refractivity contribution >= 4 is 44.6 Å². The number of alkyl halides is 3. The van der Waals surface area contributed by atoms with Gasteiger partial charge in [0.1, 0.15) is 41.3 Å². The standard InChI is InChI=1S/C38H47F4N5O9S/c1-20-8-6-7-9-23-18-37(23,34(50)45-57(53,54)36(4)11-12-36)44-31(48)28-17-25(56-32-27-15-24(39)16-29(55-5)26(27)10-13-43-32)19-46(28)33(49)30(21(2)14-20)47(35(51)52)22(3)38(40,41)42/h7,9-10,13,15-16,20-23,25,28,30H,6,8,11-12,14,17-19H2,1-5H3,(H,44,48)(H,45,50)(H,51,52)/b9-7-/t20-,21+,22+,23+,25+,28-,30-,37+/m0/s1. The maximum atomic E-state index is 14.8. The van der Waals surface area contributed by atoms with Crippen LogP contribution in [0.5, 0.6) is 11.6 Å². The number of carbonyl (C=O) groups excluding carboxylic acids is 3. The average molecular weight is 826 g/mol. The molecule has 3 fully saturated rings. The number of benzene rings is 1. The van der Waals surface area contributed by atoms with Crippen LogP contribution in [0.1, 0.15) is 72.6 Å². The molecule has 6 rings (SSSR count). The van der Waals surface area contributed by atoms with Gasteiger partial charge in [0, 0.05) is 30.0 Å². The van der Waals surface area contributed by atoms with Crippen LogP contribution in [0.15, 0.2) is 36.5 Å². The smallest absolute Gasteiger partial charge is 0.408 e. The van der Waals surface area contributed by atoms with Gasteiger partial charge in [0.2, 0.25) is 27.7 Å². The number of aromatic nitrogens is 1. The molecule has 3 heterocycles. The highest BCUT2D eigenvalue weighted by Crippen LogP contribution is 2.48. The Hall–Kier alpha value is -4.68. The molecule has 312 valence electrons. The first kappa shape index (κ1) is 41.9. The number of nitrogens with one attached hydrogen (secondary N) is 2. The van der Waals surface area contributed by atoms with E-state index in [2.05, 4.69) is 15.0 Å². The third kappa shape index (κ3) is 8.21. The second-order valence-corrected chi connectivity index (χ2v) is 18.3. The van der Waals surface area contributed by atoms with Crippen molar-refractivity contribution in [3.63, 3.8) is 0 Å². The molecule has 0 unspecified atom stereocenters. The van der Waals surface area contributed by atoms with Crippen LogP contribution in [-0.2, 0) is 24.4 Å². The zero-order chi connectivity index (χ0) is 41.8. The van der Waals surface area contributed by atoms with Crippen molar-refractivity contribution in [1.82, 2.24) is 24.8 Å². The van der Waals surface area contributed by atoms with E-state index < -0.39 is 98.7 Å². The molecule has 2 aliphatic heterocycles. The SMILES string of the molecule is COc1cc(F)cc2c(O[C@@H]3C[C@H]4C(=O)N[C@]5(C(=O)NS(=O)(=O)C6(C)CC6)C[C@H]5/C=C\CC[C@H](C)C[C@@H](C)[C@H](N(C(=O)O)[C@H](C)C(F)(F)F)C(=O)N4C3)nccc12. The van der Waals surface area contributed by atoms with Gasteiger partial charge in [0.25, 0.3) is 5.91 Å². The molecule has 14 nitrogen and oxygen atoms in total. The van der Waals surface area contributed by atoms with E-state index in [-0.39, 0.29) is 47.1 Å². The highest BCUT2D eigenvalue weighted by atomic mass is 32.2. The van der Waals surface area contributed by atoms with Crippen molar-refractivity contribution in [3.05, 3.63) is 42.4 Å². The van der Waals surface area contributed by atoms with Crippen molar-refractivity contribution in [2.24, 2.45) is 17.8 Å². The monoisotopic (exact) mass is 825 g/mol. The van der Waals surface area contributed by atoms with Crippen LogP contribution in [0, 0.1) is 23.6 Å². The molecule has 4 amide bonds. The molecule has 0 bridgehead atoms. The van der Waals surface area contributed by atoms with E-state index in [1.807, 2.05) is 6.92 Å². The van der Waals surface area contributed by atoms with Gasteiger partial charge in [-0.05, 0) is 76.3 Å². The number of carbonyl (C=O) groups is 4. The average Bonchev–Trinajstić information content (AvgIpc) is 4.01. The number of hydrogen-bond acceptors (Lipinski definition) is 9. The van der Waals surface area contributed by atoms with Gasteiger partial charge in [-0.25, -0.2) is 22.6 Å². The molecular formula is C38H47F4N5O9S. The number of ether oxygens (including phenoxy) is 2. The van der Waals surface area contributed by atoms with E-state index in [9.17, 15) is 50.3 Å². The lowest BCUT2D eigenvalue weighted by Crippen LogP contribution is -2.62. The quantitative estimate of drug-likeness (QED) is 0.244. The Morgan fingerprint density at radius 2 is 1.86 bits per heavy atom. The predicted octanol–water partition coefficient (Wildman–Crippen LogP) is 4.92. The predicted molar refractivity (Wildman–Crippen MR) is 197 cm³/mol. The summed E-state index contributed by atoms with van der Waals surface area (Å²) in [5, 5.41) is 13.5. The fourth-order valence-corrected chi connectivity index (χ4v) is 9.38. The molecular weight excluding hydrogens is 779 g/mol. The Labute approximate surface area is 327 Å². The van der Waals surface area contributed by atoms with Crippen LogP contribution in [0.3, 0.4) is 0 Å². The zero-order valence-electron chi connectivity index (χ0n) is 32.1. The Bertz CT molecular complexity index is 2080. The molecule has 0 radical (unpaired) electrons. The summed E-state index contributed by atoms with van der Waals surface area (Å²) in [7, 11) is -2.80. The van der Waals surface area contributed by atoms with Gasteiger partial charge in [-0.1, -0.05) is 26.0 Å². The Kier molecular flexibility index (Phi) is 11.2. The summed E-state index contributed by atoms with van der Waals surface area (Å²) in [5.41, 5.74) is -1.75. The summed E-state index contributed by atoms with van der Waals surface area (Å²) >= 11 is 0. The number of amides is 4. The van der Waals surface area contributed by atoms with Crippen LogP contribution >= 0.6 is 0 Å². The lowest BCUT2D eigenvalue weighted by molar-refractivity contribution is -0.184. The maximum absolute atomic E-state index is 14.8. The molecule has 2 aliphatic carbocycles. The van der Waals surface area contributed by atoms with Crippen molar-refractivity contribution in [3.8, 4) is 11.6 Å². The van der Waals surface area contributed by atoms with Crippen molar-refractivity contribution in [2.45, 2.75) is 113 Å². The topological polar surface area (TPSA) is 185 Å². The normalized spacial score (nSPS) is 30.1. The van der Waals surface area contributed by atoms with Crippen molar-refractivity contribution in [1.29, 1.82) is 0 Å². The Balaban J connectivity index is 1.42. The number of methoxy groups -OCH3 is 1. The molecule has 1 aromatic heterocycles. The van der Waals surface area contributed by atoms with E-state index in [0.29, 0.717) is 38.0 Å². The first-order valence-electron chi connectivity index (χ1n) is 18.8. The molecule has 19 heteroatoms. The Morgan fingerprint density at radius 3 is 2.49 bits per heavy atom. The van der Waals surface area contributed by atoms with Gasteiger partial charge in [-0.15, -0.1) is 0 Å². The maximum Gasteiger partial charge on any atom is 0.408 e. The second kappa shape index (κ2) is 15.2. The van der Waals surface area contributed by atoms with Crippen LogP contribution in [0.4, 0.5) is 22.4 Å². The minimum absolute atomic E-state index is 0.0202. The molecule has 1 saturated heterocycles. The number of sulfonamides is 1. The van der Waals surface area contributed by atoms with Gasteiger partial charge >= 0.3 is 12.3 Å². The summed E-state index contributed by atoms with van der Waals surface area (Å²) in [6.07, 6.45) is -1.84. The van der Waals surface area contributed by atoms with Crippen LogP contribution < -0.4 is 19.5 Å². The minimum atomic E-state index is -5.06. The summed E-state index contributed by atoms with van der Waals surface area (Å²) in [5.74, 6) is -5.44. The number of nitrogens with zero attached hydrogens (tertiary/aromatic N) is 3. The third-order valence-electron chi connectivity index (χ3n) is 11.9.